The highest BCUT2D eigenvalue weighted by Gasteiger charge is 2.18. The van der Waals surface area contributed by atoms with Crippen molar-refractivity contribution in [3.8, 4) is 17.2 Å². The predicted molar refractivity (Wildman–Crippen MR) is 80.2 cm³/mol. The Morgan fingerprint density at radius 2 is 2.00 bits per heavy atom. The van der Waals surface area contributed by atoms with E-state index in [2.05, 4.69) is 4.74 Å². The lowest BCUT2D eigenvalue weighted by molar-refractivity contribution is -0.142. The van der Waals surface area contributed by atoms with Crippen molar-refractivity contribution in [2.45, 2.75) is 18.9 Å². The molecule has 0 saturated heterocycles. The molecule has 0 aliphatic rings. The van der Waals surface area contributed by atoms with Crippen LogP contribution in [0.25, 0.3) is 10.8 Å². The molecule has 0 fully saturated rings. The summed E-state index contributed by atoms with van der Waals surface area (Å²) >= 11 is 0. The molecule has 6 nitrogen and oxygen atoms in total. The lowest BCUT2D eigenvalue weighted by Gasteiger charge is -2.14. The third-order valence-electron chi connectivity index (χ3n) is 3.46. The van der Waals surface area contributed by atoms with E-state index >= 15 is 0 Å². The van der Waals surface area contributed by atoms with Crippen molar-refractivity contribution in [2.24, 2.45) is 0 Å². The predicted octanol–water partition coefficient (Wildman–Crippen LogP) is 1.73. The molecule has 22 heavy (non-hydrogen) atoms. The molecular formula is C16H18O6. The number of rotatable bonds is 5. The monoisotopic (exact) mass is 306 g/mol. The molecule has 0 spiro atoms. The van der Waals surface area contributed by atoms with E-state index in [0.717, 1.165) is 0 Å². The fourth-order valence-electron chi connectivity index (χ4n) is 2.40. The Kier molecular flexibility index (Phi) is 4.72. The van der Waals surface area contributed by atoms with Gasteiger partial charge in [0.15, 0.2) is 0 Å². The van der Waals surface area contributed by atoms with E-state index in [4.69, 9.17) is 4.74 Å². The van der Waals surface area contributed by atoms with E-state index in [1.54, 1.807) is 18.2 Å². The molecule has 118 valence electrons. The fourth-order valence-corrected chi connectivity index (χ4v) is 2.40. The summed E-state index contributed by atoms with van der Waals surface area (Å²) in [5.41, 5.74) is 0.342. The maximum Gasteiger partial charge on any atom is 0.308 e. The van der Waals surface area contributed by atoms with Crippen LogP contribution < -0.4 is 4.74 Å². The summed E-state index contributed by atoms with van der Waals surface area (Å²) in [7, 11) is 2.71. The lowest BCUT2D eigenvalue weighted by atomic mass is 9.98. The van der Waals surface area contributed by atoms with Gasteiger partial charge in [-0.2, -0.15) is 0 Å². The van der Waals surface area contributed by atoms with Gasteiger partial charge in [-0.3, -0.25) is 4.79 Å². The highest BCUT2D eigenvalue weighted by atomic mass is 16.5. The summed E-state index contributed by atoms with van der Waals surface area (Å²) in [4.78, 5) is 11.1. The smallest absolute Gasteiger partial charge is 0.308 e. The van der Waals surface area contributed by atoms with Gasteiger partial charge in [0.1, 0.15) is 17.2 Å². The SMILES string of the molecule is COC(=O)C[C@@H](O)Cc1cc(O)c2c(OC)cccc2c1O. The summed E-state index contributed by atoms with van der Waals surface area (Å²) in [6.07, 6.45) is -1.19. The van der Waals surface area contributed by atoms with Crippen LogP contribution >= 0.6 is 0 Å². The van der Waals surface area contributed by atoms with Gasteiger partial charge in [0.25, 0.3) is 0 Å². The number of fused-ring (bicyclic) bond motifs is 1. The summed E-state index contributed by atoms with van der Waals surface area (Å²) in [5, 5.41) is 31.2. The Balaban J connectivity index is 2.40. The Hall–Kier alpha value is -2.47. The number of carbonyl (C=O) groups is 1. The molecule has 0 aliphatic heterocycles. The topological polar surface area (TPSA) is 96.2 Å². The first kappa shape index (κ1) is 15.9. The number of aliphatic hydroxyl groups excluding tert-OH is 1. The average Bonchev–Trinajstić information content (AvgIpc) is 2.51. The third kappa shape index (κ3) is 3.07. The van der Waals surface area contributed by atoms with Crippen LogP contribution in [0, 0.1) is 0 Å². The number of phenols is 2. The quantitative estimate of drug-likeness (QED) is 0.575. The summed E-state index contributed by atoms with van der Waals surface area (Å²) < 4.78 is 9.66. The van der Waals surface area contributed by atoms with Crippen molar-refractivity contribution >= 4 is 16.7 Å². The molecule has 2 aromatic carbocycles. The van der Waals surface area contributed by atoms with Crippen molar-refractivity contribution in [1.82, 2.24) is 0 Å². The van der Waals surface area contributed by atoms with Gasteiger partial charge in [-0.15, -0.1) is 0 Å². The number of aromatic hydroxyl groups is 2. The zero-order chi connectivity index (χ0) is 16.3. The molecule has 2 rings (SSSR count). The number of methoxy groups -OCH3 is 2. The van der Waals surface area contributed by atoms with Crippen molar-refractivity contribution in [3.63, 3.8) is 0 Å². The Bertz CT molecular complexity index is 695. The zero-order valence-electron chi connectivity index (χ0n) is 12.4. The van der Waals surface area contributed by atoms with E-state index in [1.807, 2.05) is 0 Å². The van der Waals surface area contributed by atoms with E-state index in [9.17, 15) is 20.1 Å². The van der Waals surface area contributed by atoms with E-state index in [0.29, 0.717) is 22.1 Å². The second-order valence-electron chi connectivity index (χ2n) is 4.92. The molecule has 6 heteroatoms. The van der Waals surface area contributed by atoms with Crippen molar-refractivity contribution in [2.75, 3.05) is 14.2 Å². The van der Waals surface area contributed by atoms with Crippen LogP contribution in [0.4, 0.5) is 0 Å². The Labute approximate surface area is 127 Å². The molecular weight excluding hydrogens is 288 g/mol. The number of hydrogen-bond acceptors (Lipinski definition) is 6. The lowest BCUT2D eigenvalue weighted by Crippen LogP contribution is -2.17. The summed E-state index contributed by atoms with van der Waals surface area (Å²) in [5.74, 6) is -0.230. The van der Waals surface area contributed by atoms with Gasteiger partial charge in [0, 0.05) is 17.4 Å². The standard InChI is InChI=1S/C16H18O6/c1-21-13-5-3-4-11-15(13)12(18)7-9(16(11)20)6-10(17)8-14(19)22-2/h3-5,7,10,17-18,20H,6,8H2,1-2H3/t10-/m0/s1. The second kappa shape index (κ2) is 6.53. The van der Waals surface area contributed by atoms with Gasteiger partial charge in [0.05, 0.1) is 32.1 Å². The minimum absolute atomic E-state index is 0.0155. The maximum absolute atomic E-state index is 11.1. The number of benzene rings is 2. The number of hydrogen-bond donors (Lipinski definition) is 3. The van der Waals surface area contributed by atoms with Crippen LogP contribution in [0.5, 0.6) is 17.2 Å². The van der Waals surface area contributed by atoms with Crippen LogP contribution in [-0.2, 0) is 16.0 Å². The number of aliphatic hydroxyl groups is 1. The molecule has 0 bridgehead atoms. The van der Waals surface area contributed by atoms with E-state index in [-0.39, 0.29) is 24.3 Å². The van der Waals surface area contributed by atoms with Crippen molar-refractivity contribution in [3.05, 3.63) is 29.8 Å². The Morgan fingerprint density at radius 1 is 1.27 bits per heavy atom. The fraction of sp³-hybridized carbons (Fsp3) is 0.312. The zero-order valence-corrected chi connectivity index (χ0v) is 12.4. The first-order chi connectivity index (χ1) is 10.5. The maximum atomic E-state index is 11.1. The molecule has 0 aromatic heterocycles. The van der Waals surface area contributed by atoms with Gasteiger partial charge in [-0.25, -0.2) is 0 Å². The first-order valence-corrected chi connectivity index (χ1v) is 6.73. The van der Waals surface area contributed by atoms with Gasteiger partial charge >= 0.3 is 5.97 Å². The van der Waals surface area contributed by atoms with Gasteiger partial charge in [-0.1, -0.05) is 12.1 Å². The van der Waals surface area contributed by atoms with Crippen molar-refractivity contribution < 1.29 is 29.6 Å². The Morgan fingerprint density at radius 3 is 2.64 bits per heavy atom. The summed E-state index contributed by atoms with van der Waals surface area (Å²) in [6, 6.07) is 6.37. The molecule has 0 amide bonds. The molecule has 1 atom stereocenters. The van der Waals surface area contributed by atoms with E-state index < -0.39 is 12.1 Å². The van der Waals surface area contributed by atoms with Crippen LogP contribution in [0.2, 0.25) is 0 Å². The molecule has 0 heterocycles. The minimum atomic E-state index is -1.01. The van der Waals surface area contributed by atoms with Crippen LogP contribution in [0.15, 0.2) is 24.3 Å². The summed E-state index contributed by atoms with van der Waals surface area (Å²) in [6.45, 7) is 0. The second-order valence-corrected chi connectivity index (χ2v) is 4.92. The molecule has 0 aliphatic carbocycles. The van der Waals surface area contributed by atoms with E-state index in [1.165, 1.54) is 20.3 Å². The third-order valence-corrected chi connectivity index (χ3v) is 3.46. The first-order valence-electron chi connectivity index (χ1n) is 6.73. The molecule has 2 aromatic rings. The number of ether oxygens (including phenoxy) is 2. The number of phenolic OH excluding ortho intramolecular Hbond substituents is 2. The average molecular weight is 306 g/mol. The molecule has 3 N–H and O–H groups in total. The highest BCUT2D eigenvalue weighted by molar-refractivity contribution is 5.98. The number of carbonyl (C=O) groups excluding carboxylic acids is 1. The molecule has 0 radical (unpaired) electrons. The van der Waals surface area contributed by atoms with Gasteiger partial charge < -0.3 is 24.8 Å². The van der Waals surface area contributed by atoms with Crippen LogP contribution in [0.1, 0.15) is 12.0 Å². The van der Waals surface area contributed by atoms with Gasteiger partial charge in [-0.05, 0) is 12.1 Å². The van der Waals surface area contributed by atoms with Crippen molar-refractivity contribution in [1.29, 1.82) is 0 Å². The largest absolute Gasteiger partial charge is 0.507 e. The van der Waals surface area contributed by atoms with Crippen LogP contribution in [0.3, 0.4) is 0 Å². The molecule has 0 saturated carbocycles. The normalized spacial score (nSPS) is 12.1. The van der Waals surface area contributed by atoms with Gasteiger partial charge in [0.2, 0.25) is 0 Å². The highest BCUT2D eigenvalue weighted by Crippen LogP contribution is 2.40. The number of esters is 1. The molecule has 0 unspecified atom stereocenters. The van der Waals surface area contributed by atoms with Crippen LogP contribution in [-0.4, -0.2) is 41.6 Å². The minimum Gasteiger partial charge on any atom is -0.507 e.